The number of aromatic nitrogens is 3. The summed E-state index contributed by atoms with van der Waals surface area (Å²) in [4.78, 5) is 0. The van der Waals surface area contributed by atoms with Crippen LogP contribution in [0, 0.1) is 3.70 Å². The number of nitrogens with zero attached hydrogens (tertiary/aromatic N) is 3. The normalized spacial score (nSPS) is 13.5. The Morgan fingerprint density at radius 2 is 1.44 bits per heavy atom. The van der Waals surface area contributed by atoms with E-state index in [2.05, 4.69) is 24.2 Å². The Morgan fingerprint density at radius 1 is 0.941 bits per heavy atom. The lowest BCUT2D eigenvalue weighted by Gasteiger charge is -2.26. The van der Waals surface area contributed by atoms with E-state index in [1.165, 1.54) is 4.68 Å². The fourth-order valence-electron chi connectivity index (χ4n) is 3.39. The molecule has 2 aromatic carbocycles. The highest BCUT2D eigenvalue weighted by Gasteiger charge is 2.23. The Morgan fingerprint density at radius 3 is 1.91 bits per heavy atom. The Balaban J connectivity index is 1.57. The van der Waals surface area contributed by atoms with Crippen molar-refractivity contribution in [1.82, 2.24) is 15.0 Å². The summed E-state index contributed by atoms with van der Waals surface area (Å²) in [6.45, 7) is 4.51. The maximum absolute atomic E-state index is 10.3. The van der Waals surface area contributed by atoms with Crippen molar-refractivity contribution in [2.24, 2.45) is 0 Å². The highest BCUT2D eigenvalue weighted by Crippen LogP contribution is 2.33. The SMILES string of the molecule is CC(C)(c1ccc(OC[C@H](O)CCl)cc1)c1ccc(OC[C@@H](O)Cn2nnc(I)c2CO)cc1. The van der Waals surface area contributed by atoms with Crippen LogP contribution in [0.25, 0.3) is 0 Å². The minimum Gasteiger partial charge on any atom is -0.491 e. The van der Waals surface area contributed by atoms with Crippen molar-refractivity contribution in [2.45, 2.75) is 44.6 Å². The monoisotopic (exact) mass is 601 g/mol. The highest BCUT2D eigenvalue weighted by atomic mass is 127. The molecule has 0 aliphatic rings. The second-order valence-corrected chi connectivity index (χ2v) is 9.76. The van der Waals surface area contributed by atoms with Crippen LogP contribution in [0.2, 0.25) is 0 Å². The van der Waals surface area contributed by atoms with Gasteiger partial charge in [-0.3, -0.25) is 0 Å². The Bertz CT molecular complexity index is 1040. The number of hydrogen-bond acceptors (Lipinski definition) is 7. The summed E-state index contributed by atoms with van der Waals surface area (Å²) < 4.78 is 13.4. The fourth-order valence-corrected chi connectivity index (χ4v) is 4.02. The van der Waals surface area contributed by atoms with Crippen molar-refractivity contribution in [3.8, 4) is 11.5 Å². The van der Waals surface area contributed by atoms with Gasteiger partial charge in [0, 0.05) is 5.41 Å². The third kappa shape index (κ3) is 6.82. The van der Waals surface area contributed by atoms with Crippen LogP contribution in [0.4, 0.5) is 0 Å². The van der Waals surface area contributed by atoms with E-state index < -0.39 is 12.2 Å². The Labute approximate surface area is 217 Å². The van der Waals surface area contributed by atoms with Gasteiger partial charge < -0.3 is 24.8 Å². The number of ether oxygens (including phenoxy) is 2. The van der Waals surface area contributed by atoms with Gasteiger partial charge in [0.25, 0.3) is 0 Å². The number of aliphatic hydroxyl groups is 3. The Hall–Kier alpha value is -1.92. The molecule has 0 bridgehead atoms. The number of halogens is 2. The van der Waals surface area contributed by atoms with Crippen LogP contribution in [0.5, 0.6) is 11.5 Å². The van der Waals surface area contributed by atoms with E-state index >= 15 is 0 Å². The van der Waals surface area contributed by atoms with E-state index in [0.29, 0.717) is 20.9 Å². The second kappa shape index (κ2) is 12.2. The van der Waals surface area contributed by atoms with Crippen molar-refractivity contribution in [3.05, 3.63) is 69.1 Å². The second-order valence-electron chi connectivity index (χ2n) is 8.42. The molecule has 3 aromatic rings. The number of alkyl halides is 1. The van der Waals surface area contributed by atoms with Gasteiger partial charge in [0.05, 0.1) is 24.7 Å². The molecule has 0 saturated carbocycles. The van der Waals surface area contributed by atoms with Gasteiger partial charge in [-0.05, 0) is 58.0 Å². The minimum atomic E-state index is -0.801. The summed E-state index contributed by atoms with van der Waals surface area (Å²) >= 11 is 7.59. The maximum Gasteiger partial charge on any atom is 0.149 e. The molecule has 0 spiro atoms. The fraction of sp³-hybridized carbons (Fsp3) is 0.417. The molecular weight excluding hydrogens is 573 g/mol. The summed E-state index contributed by atoms with van der Waals surface area (Å²) in [5, 5.41) is 37.1. The first-order chi connectivity index (χ1) is 16.2. The first kappa shape index (κ1) is 26.7. The molecule has 2 atom stereocenters. The predicted octanol–water partition coefficient (Wildman–Crippen LogP) is 3.12. The van der Waals surface area contributed by atoms with E-state index in [1.54, 1.807) is 0 Å². The average Bonchev–Trinajstić information content (AvgIpc) is 3.20. The van der Waals surface area contributed by atoms with E-state index in [-0.39, 0.29) is 37.7 Å². The van der Waals surface area contributed by atoms with Gasteiger partial charge in [-0.2, -0.15) is 0 Å². The zero-order valence-electron chi connectivity index (χ0n) is 19.1. The summed E-state index contributed by atoms with van der Waals surface area (Å²) in [6.07, 6.45) is -1.49. The summed E-state index contributed by atoms with van der Waals surface area (Å²) in [5.41, 5.74) is 2.54. The van der Waals surface area contributed by atoms with Crippen LogP contribution in [0.1, 0.15) is 30.7 Å². The van der Waals surface area contributed by atoms with Crippen LogP contribution in [0.15, 0.2) is 48.5 Å². The van der Waals surface area contributed by atoms with Crippen LogP contribution in [0.3, 0.4) is 0 Å². The minimum absolute atomic E-state index is 0.0872. The predicted molar refractivity (Wildman–Crippen MR) is 137 cm³/mol. The van der Waals surface area contributed by atoms with E-state index in [1.807, 2.05) is 71.1 Å². The van der Waals surface area contributed by atoms with Gasteiger partial charge in [0.2, 0.25) is 0 Å². The third-order valence-corrected chi connectivity index (χ3v) is 6.73. The molecule has 0 saturated heterocycles. The third-order valence-electron chi connectivity index (χ3n) is 5.54. The molecular formula is C24H29ClIN3O5. The molecule has 0 fully saturated rings. The maximum atomic E-state index is 10.3. The van der Waals surface area contributed by atoms with Crippen LogP contribution in [-0.2, 0) is 18.6 Å². The van der Waals surface area contributed by atoms with Crippen LogP contribution in [-0.4, -0.2) is 61.6 Å². The lowest BCUT2D eigenvalue weighted by atomic mass is 9.78. The summed E-state index contributed by atoms with van der Waals surface area (Å²) in [6, 6.07) is 15.6. The standard InChI is InChI=1S/C24H29ClIN3O5/c1-24(2,16-3-7-20(8-4-16)33-14-18(31)11-25)17-5-9-21(10-6-17)34-15-19(32)12-29-22(13-30)23(26)27-28-29/h3-10,18-19,30-32H,11-15H2,1-2H3/t18-,19+/m1/s1. The molecule has 0 amide bonds. The molecule has 10 heteroatoms. The molecule has 3 N–H and O–H groups in total. The van der Waals surface area contributed by atoms with Crippen LogP contribution < -0.4 is 9.47 Å². The molecule has 34 heavy (non-hydrogen) atoms. The van der Waals surface area contributed by atoms with Crippen molar-refractivity contribution in [2.75, 3.05) is 19.1 Å². The molecule has 3 rings (SSSR count). The number of hydrogen-bond donors (Lipinski definition) is 3. The van der Waals surface area contributed by atoms with E-state index in [9.17, 15) is 15.3 Å². The molecule has 0 radical (unpaired) electrons. The molecule has 0 aliphatic carbocycles. The number of rotatable bonds is 12. The lowest BCUT2D eigenvalue weighted by Crippen LogP contribution is -2.25. The van der Waals surface area contributed by atoms with E-state index in [0.717, 1.165) is 11.1 Å². The molecule has 1 aromatic heterocycles. The van der Waals surface area contributed by atoms with Crippen molar-refractivity contribution in [1.29, 1.82) is 0 Å². The first-order valence-electron chi connectivity index (χ1n) is 10.8. The van der Waals surface area contributed by atoms with Crippen molar-refractivity contribution in [3.63, 3.8) is 0 Å². The highest BCUT2D eigenvalue weighted by molar-refractivity contribution is 14.1. The van der Waals surface area contributed by atoms with Gasteiger partial charge in [-0.15, -0.1) is 16.7 Å². The quantitative estimate of drug-likeness (QED) is 0.216. The van der Waals surface area contributed by atoms with Gasteiger partial charge in [0.1, 0.15) is 40.6 Å². The molecule has 0 unspecified atom stereocenters. The topological polar surface area (TPSA) is 110 Å². The largest absolute Gasteiger partial charge is 0.491 e. The molecule has 184 valence electrons. The van der Waals surface area contributed by atoms with E-state index in [4.69, 9.17) is 21.1 Å². The average molecular weight is 602 g/mol. The zero-order valence-corrected chi connectivity index (χ0v) is 22.0. The van der Waals surface area contributed by atoms with Crippen molar-refractivity contribution >= 4 is 34.2 Å². The number of aliphatic hydroxyl groups excluding tert-OH is 3. The molecule has 0 aliphatic heterocycles. The van der Waals surface area contributed by atoms with Crippen molar-refractivity contribution < 1.29 is 24.8 Å². The Kier molecular flexibility index (Phi) is 9.55. The number of benzene rings is 2. The van der Waals surface area contributed by atoms with Crippen LogP contribution >= 0.6 is 34.2 Å². The molecule has 1 heterocycles. The zero-order chi connectivity index (χ0) is 24.7. The van der Waals surface area contributed by atoms with Gasteiger partial charge >= 0.3 is 0 Å². The lowest BCUT2D eigenvalue weighted by molar-refractivity contribution is 0.0866. The van der Waals surface area contributed by atoms with Gasteiger partial charge in [-0.25, -0.2) is 4.68 Å². The summed E-state index contributed by atoms with van der Waals surface area (Å²) in [7, 11) is 0. The summed E-state index contributed by atoms with van der Waals surface area (Å²) in [5.74, 6) is 1.46. The molecule has 8 nitrogen and oxygen atoms in total. The first-order valence-corrected chi connectivity index (χ1v) is 12.4. The smallest absolute Gasteiger partial charge is 0.149 e. The van der Waals surface area contributed by atoms with Gasteiger partial charge in [-0.1, -0.05) is 43.3 Å². The van der Waals surface area contributed by atoms with Gasteiger partial charge in [0.15, 0.2) is 0 Å².